The Morgan fingerprint density at radius 2 is 2.07 bits per heavy atom. The van der Waals surface area contributed by atoms with E-state index in [2.05, 4.69) is 0 Å². The molecular weight excluding hydrogens is 192 g/mol. The third-order valence-corrected chi connectivity index (χ3v) is 2.39. The lowest BCUT2D eigenvalue weighted by molar-refractivity contribution is -0.313. The summed E-state index contributed by atoms with van der Waals surface area (Å²) in [6, 6.07) is 5.52. The van der Waals surface area contributed by atoms with Crippen molar-refractivity contribution in [3.8, 4) is 5.75 Å². The summed E-state index contributed by atoms with van der Waals surface area (Å²) in [4.78, 5) is 10.7. The van der Waals surface area contributed by atoms with Crippen LogP contribution in [0.15, 0.2) is 18.2 Å². The predicted octanol–water partition coefficient (Wildman–Crippen LogP) is 1.21. The van der Waals surface area contributed by atoms with Crippen LogP contribution >= 0.6 is 0 Å². The Kier molecular flexibility index (Phi) is 3.72. The molecule has 0 heterocycles. The minimum absolute atomic E-state index is 0.398. The minimum Gasteiger partial charge on any atom is -0.546 e. The molecule has 3 nitrogen and oxygen atoms in total. The zero-order chi connectivity index (χ0) is 11.4. The molecule has 0 unspecified atom stereocenters. The topological polar surface area (TPSA) is 49.4 Å². The first-order chi connectivity index (χ1) is 7.04. The van der Waals surface area contributed by atoms with Crippen LogP contribution in [0.5, 0.6) is 5.75 Å². The molecule has 1 aromatic rings. The van der Waals surface area contributed by atoms with Crippen molar-refractivity contribution in [3.05, 3.63) is 29.3 Å². The van der Waals surface area contributed by atoms with Gasteiger partial charge in [-0.1, -0.05) is 13.0 Å². The summed E-state index contributed by atoms with van der Waals surface area (Å²) in [6.45, 7) is 5.71. The standard InChI is InChI=1S/C12H16O3/c1-4-11(12(13)14)15-10-6-5-8(2)9(3)7-10/h5-7,11H,4H2,1-3H3,(H,13,14)/p-1/t11-/m1/s1. The van der Waals surface area contributed by atoms with Crippen LogP contribution < -0.4 is 9.84 Å². The number of carboxylic acids is 1. The van der Waals surface area contributed by atoms with Gasteiger partial charge in [-0.25, -0.2) is 0 Å². The van der Waals surface area contributed by atoms with Crippen molar-refractivity contribution >= 4 is 5.97 Å². The fourth-order valence-corrected chi connectivity index (χ4v) is 1.25. The average molecular weight is 207 g/mol. The lowest BCUT2D eigenvalue weighted by Crippen LogP contribution is -2.39. The van der Waals surface area contributed by atoms with Gasteiger partial charge >= 0.3 is 0 Å². The lowest BCUT2D eigenvalue weighted by Gasteiger charge is -2.18. The molecule has 0 saturated carbocycles. The van der Waals surface area contributed by atoms with Crippen molar-refractivity contribution < 1.29 is 14.6 Å². The van der Waals surface area contributed by atoms with Gasteiger partial charge in [-0.05, 0) is 43.5 Å². The van der Waals surface area contributed by atoms with Crippen LogP contribution in [0.1, 0.15) is 24.5 Å². The molecule has 82 valence electrons. The number of aliphatic carboxylic acids is 1. The monoisotopic (exact) mass is 207 g/mol. The lowest BCUT2D eigenvalue weighted by atomic mass is 10.1. The van der Waals surface area contributed by atoms with E-state index in [4.69, 9.17) is 4.74 Å². The Morgan fingerprint density at radius 3 is 2.53 bits per heavy atom. The highest BCUT2D eigenvalue weighted by Crippen LogP contribution is 2.18. The number of carbonyl (C=O) groups is 1. The smallest absolute Gasteiger partial charge is 0.138 e. The molecule has 0 amide bonds. The van der Waals surface area contributed by atoms with Crippen molar-refractivity contribution in [1.82, 2.24) is 0 Å². The molecule has 0 aromatic heterocycles. The van der Waals surface area contributed by atoms with Gasteiger partial charge in [0.1, 0.15) is 11.9 Å². The first-order valence-electron chi connectivity index (χ1n) is 4.99. The summed E-state index contributed by atoms with van der Waals surface area (Å²) in [5.41, 5.74) is 2.24. The molecular formula is C12H15O3-. The Hall–Kier alpha value is -1.51. The number of hydrogen-bond donors (Lipinski definition) is 0. The second-order valence-corrected chi connectivity index (χ2v) is 3.58. The highest BCUT2D eigenvalue weighted by atomic mass is 16.5. The Balaban J connectivity index is 2.80. The van der Waals surface area contributed by atoms with Crippen LogP contribution in [0.4, 0.5) is 0 Å². The second-order valence-electron chi connectivity index (χ2n) is 3.58. The zero-order valence-corrected chi connectivity index (χ0v) is 9.24. The minimum atomic E-state index is -1.17. The number of aryl methyl sites for hydroxylation is 2. The van der Waals surface area contributed by atoms with Crippen LogP contribution in [0.3, 0.4) is 0 Å². The average Bonchev–Trinajstić information content (AvgIpc) is 2.19. The van der Waals surface area contributed by atoms with Gasteiger partial charge in [-0.3, -0.25) is 0 Å². The van der Waals surface area contributed by atoms with Crippen LogP contribution in [0.25, 0.3) is 0 Å². The third kappa shape index (κ3) is 2.98. The van der Waals surface area contributed by atoms with E-state index in [-0.39, 0.29) is 0 Å². The molecule has 0 spiro atoms. The first kappa shape index (κ1) is 11.6. The van der Waals surface area contributed by atoms with Gasteiger partial charge in [-0.2, -0.15) is 0 Å². The molecule has 0 aliphatic rings. The van der Waals surface area contributed by atoms with Crippen molar-refractivity contribution in [2.45, 2.75) is 33.3 Å². The molecule has 15 heavy (non-hydrogen) atoms. The molecule has 0 radical (unpaired) electrons. The van der Waals surface area contributed by atoms with Crippen LogP contribution in [-0.4, -0.2) is 12.1 Å². The second kappa shape index (κ2) is 4.82. The summed E-state index contributed by atoms with van der Waals surface area (Å²) in [6.07, 6.45) is -0.470. The van der Waals surface area contributed by atoms with E-state index in [1.54, 1.807) is 13.0 Å². The van der Waals surface area contributed by atoms with Crippen LogP contribution in [0.2, 0.25) is 0 Å². The van der Waals surface area contributed by atoms with E-state index in [1.165, 1.54) is 0 Å². The summed E-state index contributed by atoms with van der Waals surface area (Å²) in [5.74, 6) is -0.593. The van der Waals surface area contributed by atoms with E-state index < -0.39 is 12.1 Å². The molecule has 0 bridgehead atoms. The van der Waals surface area contributed by atoms with Gasteiger partial charge in [0.25, 0.3) is 0 Å². The molecule has 0 aliphatic heterocycles. The normalized spacial score (nSPS) is 12.2. The van der Waals surface area contributed by atoms with Gasteiger partial charge in [-0.15, -0.1) is 0 Å². The SMILES string of the molecule is CC[C@@H](Oc1ccc(C)c(C)c1)C(=O)[O-]. The molecule has 1 atom stereocenters. The Morgan fingerprint density at radius 1 is 1.40 bits per heavy atom. The number of rotatable bonds is 4. The van der Waals surface area contributed by atoms with E-state index >= 15 is 0 Å². The van der Waals surface area contributed by atoms with Crippen LogP contribution in [-0.2, 0) is 4.79 Å². The number of carbonyl (C=O) groups excluding carboxylic acids is 1. The molecule has 1 rings (SSSR count). The fraction of sp³-hybridized carbons (Fsp3) is 0.417. The summed E-state index contributed by atoms with van der Waals surface area (Å²) < 4.78 is 5.30. The predicted molar refractivity (Wildman–Crippen MR) is 55.6 cm³/mol. The van der Waals surface area contributed by atoms with Crippen molar-refractivity contribution in [1.29, 1.82) is 0 Å². The van der Waals surface area contributed by atoms with Gasteiger partial charge in [0, 0.05) is 0 Å². The molecule has 0 fully saturated rings. The van der Waals surface area contributed by atoms with Crippen molar-refractivity contribution in [2.24, 2.45) is 0 Å². The number of carboxylic acid groups (broad SMARTS) is 1. The first-order valence-corrected chi connectivity index (χ1v) is 4.99. The van der Waals surface area contributed by atoms with E-state index in [1.807, 2.05) is 26.0 Å². The number of benzene rings is 1. The fourth-order valence-electron chi connectivity index (χ4n) is 1.25. The zero-order valence-electron chi connectivity index (χ0n) is 9.24. The Bertz CT molecular complexity index is 358. The Labute approximate surface area is 89.7 Å². The van der Waals surface area contributed by atoms with Gasteiger partial charge in [0.2, 0.25) is 0 Å². The number of hydrogen-bond acceptors (Lipinski definition) is 3. The van der Waals surface area contributed by atoms with E-state index in [9.17, 15) is 9.90 Å². The van der Waals surface area contributed by atoms with Gasteiger partial charge in [0.05, 0.1) is 5.97 Å². The van der Waals surface area contributed by atoms with Gasteiger partial charge < -0.3 is 14.6 Å². The third-order valence-electron chi connectivity index (χ3n) is 2.39. The summed E-state index contributed by atoms with van der Waals surface area (Å²) in [5, 5.41) is 10.7. The molecule has 3 heteroatoms. The number of ether oxygens (including phenoxy) is 1. The maximum atomic E-state index is 10.7. The van der Waals surface area contributed by atoms with Crippen LogP contribution in [0, 0.1) is 13.8 Å². The molecule has 0 N–H and O–H groups in total. The maximum absolute atomic E-state index is 10.7. The molecule has 1 aromatic carbocycles. The summed E-state index contributed by atoms with van der Waals surface area (Å²) in [7, 11) is 0. The maximum Gasteiger partial charge on any atom is 0.138 e. The van der Waals surface area contributed by atoms with Gasteiger partial charge in [0.15, 0.2) is 0 Å². The molecule has 0 saturated heterocycles. The quantitative estimate of drug-likeness (QED) is 0.745. The van der Waals surface area contributed by atoms with E-state index in [0.29, 0.717) is 12.2 Å². The largest absolute Gasteiger partial charge is 0.546 e. The molecule has 0 aliphatic carbocycles. The van der Waals surface area contributed by atoms with E-state index in [0.717, 1.165) is 11.1 Å². The highest BCUT2D eigenvalue weighted by Gasteiger charge is 2.09. The highest BCUT2D eigenvalue weighted by molar-refractivity contribution is 5.70. The summed E-state index contributed by atoms with van der Waals surface area (Å²) >= 11 is 0. The van der Waals surface area contributed by atoms with Crippen molar-refractivity contribution in [2.75, 3.05) is 0 Å². The van der Waals surface area contributed by atoms with Crippen molar-refractivity contribution in [3.63, 3.8) is 0 Å².